The van der Waals surface area contributed by atoms with Crippen LogP contribution in [0.4, 0.5) is 0 Å². The quantitative estimate of drug-likeness (QED) is 0.594. The molecule has 58 valence electrons. The Morgan fingerprint density at radius 3 is 2.40 bits per heavy atom. The summed E-state index contributed by atoms with van der Waals surface area (Å²) in [5.74, 6) is -0.677. The fraction of sp³-hybridized carbons (Fsp3) is 0.857. The Kier molecular flexibility index (Phi) is 1.94. The highest BCUT2D eigenvalue weighted by Gasteiger charge is 2.34. The van der Waals surface area contributed by atoms with Crippen LogP contribution in [0.25, 0.3) is 0 Å². The van der Waals surface area contributed by atoms with E-state index in [2.05, 4.69) is 0 Å². The molecule has 0 aliphatic carbocycles. The third kappa shape index (κ3) is 1.29. The summed E-state index contributed by atoms with van der Waals surface area (Å²) >= 11 is 0. The van der Waals surface area contributed by atoms with Crippen LogP contribution in [-0.4, -0.2) is 23.3 Å². The zero-order valence-corrected chi connectivity index (χ0v) is 6.20. The summed E-state index contributed by atoms with van der Waals surface area (Å²) in [5.41, 5.74) is 0. The van der Waals surface area contributed by atoms with Gasteiger partial charge in [-0.3, -0.25) is 0 Å². The summed E-state index contributed by atoms with van der Waals surface area (Å²) in [4.78, 5) is 10.4. The Hall–Kier alpha value is -0.570. The second-order valence-electron chi connectivity index (χ2n) is 2.92. The Morgan fingerprint density at radius 2 is 2.20 bits per heavy atom. The molecule has 0 spiro atoms. The lowest BCUT2D eigenvalue weighted by Gasteiger charge is -2.07. The molecule has 1 N–H and O–H groups in total. The lowest BCUT2D eigenvalue weighted by Crippen LogP contribution is -2.24. The van der Waals surface area contributed by atoms with Crippen LogP contribution in [0.5, 0.6) is 0 Å². The van der Waals surface area contributed by atoms with Crippen LogP contribution < -0.4 is 0 Å². The minimum absolute atomic E-state index is 0.107. The van der Waals surface area contributed by atoms with Gasteiger partial charge in [-0.15, -0.1) is 0 Å². The van der Waals surface area contributed by atoms with Gasteiger partial charge in [0.05, 0.1) is 6.10 Å². The van der Waals surface area contributed by atoms with E-state index in [0.717, 1.165) is 6.42 Å². The average molecular weight is 144 g/mol. The minimum Gasteiger partial charge on any atom is -0.479 e. The first-order chi connectivity index (χ1) is 4.61. The summed E-state index contributed by atoms with van der Waals surface area (Å²) in [6, 6.07) is 0. The molecular weight excluding hydrogens is 132 g/mol. The monoisotopic (exact) mass is 144 g/mol. The predicted octanol–water partition coefficient (Wildman–Crippen LogP) is 0.885. The molecule has 10 heavy (non-hydrogen) atoms. The van der Waals surface area contributed by atoms with Gasteiger partial charge in [-0.25, -0.2) is 4.79 Å². The van der Waals surface area contributed by atoms with Crippen molar-refractivity contribution in [3.63, 3.8) is 0 Å². The van der Waals surface area contributed by atoms with Crippen molar-refractivity contribution < 1.29 is 14.6 Å². The Morgan fingerprint density at radius 1 is 1.60 bits per heavy atom. The van der Waals surface area contributed by atoms with E-state index in [1.807, 2.05) is 13.8 Å². The summed E-state index contributed by atoms with van der Waals surface area (Å²) in [6.07, 6.45) is 0.392. The van der Waals surface area contributed by atoms with Crippen LogP contribution in [0.1, 0.15) is 20.3 Å². The Labute approximate surface area is 60.0 Å². The summed E-state index contributed by atoms with van der Waals surface area (Å²) in [7, 11) is 0. The van der Waals surface area contributed by atoms with Gasteiger partial charge in [-0.1, -0.05) is 6.92 Å². The number of aliphatic carboxylic acids is 1. The van der Waals surface area contributed by atoms with Gasteiger partial charge < -0.3 is 9.84 Å². The van der Waals surface area contributed by atoms with Crippen molar-refractivity contribution in [3.8, 4) is 0 Å². The topological polar surface area (TPSA) is 46.5 Å². The van der Waals surface area contributed by atoms with Crippen LogP contribution in [0.3, 0.4) is 0 Å². The van der Waals surface area contributed by atoms with E-state index in [-0.39, 0.29) is 12.0 Å². The third-order valence-corrected chi connectivity index (χ3v) is 1.84. The fourth-order valence-electron chi connectivity index (χ4n) is 1.39. The van der Waals surface area contributed by atoms with Crippen LogP contribution >= 0.6 is 0 Å². The maximum absolute atomic E-state index is 10.4. The molecule has 3 nitrogen and oxygen atoms in total. The van der Waals surface area contributed by atoms with E-state index in [1.54, 1.807) is 0 Å². The second kappa shape index (κ2) is 2.58. The lowest BCUT2D eigenvalue weighted by molar-refractivity contribution is -0.150. The Bertz CT molecular complexity index is 144. The molecule has 1 aliphatic rings. The van der Waals surface area contributed by atoms with Crippen LogP contribution in [-0.2, 0) is 9.53 Å². The van der Waals surface area contributed by atoms with Gasteiger partial charge in [0.2, 0.25) is 0 Å². The highest BCUT2D eigenvalue weighted by molar-refractivity contribution is 5.73. The van der Waals surface area contributed by atoms with Gasteiger partial charge in [-0.05, 0) is 19.3 Å². The van der Waals surface area contributed by atoms with E-state index in [0.29, 0.717) is 0 Å². The molecule has 0 aromatic carbocycles. The van der Waals surface area contributed by atoms with Crippen molar-refractivity contribution in [2.75, 3.05) is 0 Å². The van der Waals surface area contributed by atoms with Crippen molar-refractivity contribution >= 4 is 5.97 Å². The van der Waals surface area contributed by atoms with Crippen molar-refractivity contribution in [1.29, 1.82) is 0 Å². The summed E-state index contributed by atoms with van der Waals surface area (Å²) in [6.45, 7) is 3.81. The van der Waals surface area contributed by atoms with Gasteiger partial charge in [0.15, 0.2) is 6.10 Å². The summed E-state index contributed by atoms with van der Waals surface area (Å²) in [5, 5.41) is 8.58. The standard InChI is InChI=1S/C7H12O3/c1-4-3-5(2)10-6(4)7(8)9/h4-6H,3H2,1-2H3,(H,8,9). The maximum atomic E-state index is 10.4. The first-order valence-corrected chi connectivity index (χ1v) is 3.49. The van der Waals surface area contributed by atoms with E-state index < -0.39 is 12.1 Å². The zero-order valence-electron chi connectivity index (χ0n) is 6.20. The van der Waals surface area contributed by atoms with Crippen LogP contribution in [0.15, 0.2) is 0 Å². The zero-order chi connectivity index (χ0) is 7.72. The minimum atomic E-state index is -0.836. The van der Waals surface area contributed by atoms with Crippen molar-refractivity contribution in [2.45, 2.75) is 32.5 Å². The largest absolute Gasteiger partial charge is 0.479 e. The lowest BCUT2D eigenvalue weighted by atomic mass is 10.0. The van der Waals surface area contributed by atoms with Crippen LogP contribution in [0.2, 0.25) is 0 Å². The van der Waals surface area contributed by atoms with Crippen LogP contribution in [0, 0.1) is 5.92 Å². The number of carboxylic acid groups (broad SMARTS) is 1. The molecule has 1 fully saturated rings. The second-order valence-corrected chi connectivity index (χ2v) is 2.92. The first kappa shape index (κ1) is 7.54. The molecule has 0 aromatic heterocycles. The predicted molar refractivity (Wildman–Crippen MR) is 35.8 cm³/mol. The molecule has 1 rings (SSSR count). The van der Waals surface area contributed by atoms with E-state index >= 15 is 0 Å². The molecule has 1 saturated heterocycles. The van der Waals surface area contributed by atoms with E-state index in [4.69, 9.17) is 9.84 Å². The highest BCUT2D eigenvalue weighted by atomic mass is 16.5. The molecular formula is C7H12O3. The molecule has 3 atom stereocenters. The van der Waals surface area contributed by atoms with Crippen molar-refractivity contribution in [2.24, 2.45) is 5.92 Å². The van der Waals surface area contributed by atoms with Gasteiger partial charge in [0.25, 0.3) is 0 Å². The SMILES string of the molecule is CC1CC(C)C(C(=O)O)O1. The number of rotatable bonds is 1. The number of hydrogen-bond acceptors (Lipinski definition) is 2. The van der Waals surface area contributed by atoms with E-state index in [9.17, 15) is 4.79 Å². The molecule has 3 unspecified atom stereocenters. The normalized spacial score (nSPS) is 40.0. The molecule has 1 aliphatic heterocycles. The number of hydrogen-bond donors (Lipinski definition) is 1. The average Bonchev–Trinajstić information content (AvgIpc) is 2.10. The molecule has 0 saturated carbocycles. The summed E-state index contributed by atoms with van der Waals surface area (Å²) < 4.78 is 5.14. The molecule has 1 heterocycles. The Balaban J connectivity index is 2.54. The highest BCUT2D eigenvalue weighted by Crippen LogP contribution is 2.25. The number of ether oxygens (including phenoxy) is 1. The maximum Gasteiger partial charge on any atom is 0.333 e. The van der Waals surface area contributed by atoms with Gasteiger partial charge in [0, 0.05) is 0 Å². The van der Waals surface area contributed by atoms with Gasteiger partial charge in [0.1, 0.15) is 0 Å². The number of carboxylic acids is 1. The fourth-order valence-corrected chi connectivity index (χ4v) is 1.39. The molecule has 0 radical (unpaired) electrons. The molecule has 3 heteroatoms. The van der Waals surface area contributed by atoms with Gasteiger partial charge >= 0.3 is 5.97 Å². The third-order valence-electron chi connectivity index (χ3n) is 1.84. The smallest absolute Gasteiger partial charge is 0.333 e. The molecule has 0 bridgehead atoms. The molecule has 0 amide bonds. The molecule has 0 aromatic rings. The first-order valence-electron chi connectivity index (χ1n) is 3.49. The van der Waals surface area contributed by atoms with Gasteiger partial charge in [-0.2, -0.15) is 0 Å². The van der Waals surface area contributed by atoms with Crippen molar-refractivity contribution in [1.82, 2.24) is 0 Å². The van der Waals surface area contributed by atoms with E-state index in [1.165, 1.54) is 0 Å². The number of carbonyl (C=O) groups is 1. The van der Waals surface area contributed by atoms with Crippen molar-refractivity contribution in [3.05, 3.63) is 0 Å².